The smallest absolute Gasteiger partial charge is 0.318 e. The zero-order valence-corrected chi connectivity index (χ0v) is 9.69. The maximum Gasteiger partial charge on any atom is 0.318 e. The van der Waals surface area contributed by atoms with E-state index >= 15 is 0 Å². The normalized spacial score (nSPS) is 10.5. The van der Waals surface area contributed by atoms with Crippen LogP contribution in [0.4, 0.5) is 4.79 Å². The van der Waals surface area contributed by atoms with Crippen LogP contribution in [0.3, 0.4) is 0 Å². The van der Waals surface area contributed by atoms with Gasteiger partial charge in [-0.05, 0) is 7.05 Å². The topological polar surface area (TPSA) is 110 Å². The van der Waals surface area contributed by atoms with E-state index in [1.165, 1.54) is 11.9 Å². The van der Waals surface area contributed by atoms with E-state index in [0.717, 1.165) is 0 Å². The van der Waals surface area contributed by atoms with E-state index in [4.69, 9.17) is 11.0 Å². The lowest BCUT2D eigenvalue weighted by Gasteiger charge is -2.27. The van der Waals surface area contributed by atoms with Gasteiger partial charge < -0.3 is 26.2 Å². The Hall–Kier alpha value is -2.01. The van der Waals surface area contributed by atoms with Crippen molar-refractivity contribution in [2.24, 2.45) is 10.7 Å². The molecular formula is C8H17N7O. The van der Waals surface area contributed by atoms with Gasteiger partial charge in [0.05, 0.1) is 13.3 Å². The first-order chi connectivity index (χ1) is 7.56. The third-order valence-corrected chi connectivity index (χ3v) is 1.78. The Labute approximate surface area is 94.7 Å². The molecule has 0 radical (unpaired) electrons. The fourth-order valence-electron chi connectivity index (χ4n) is 1.03. The van der Waals surface area contributed by atoms with Gasteiger partial charge in [-0.1, -0.05) is 0 Å². The van der Waals surface area contributed by atoms with Crippen molar-refractivity contribution in [1.29, 1.82) is 5.26 Å². The molecule has 0 spiro atoms. The summed E-state index contributed by atoms with van der Waals surface area (Å²) in [6.07, 6.45) is 1.60. The van der Waals surface area contributed by atoms with Crippen LogP contribution in [0, 0.1) is 11.5 Å². The molecule has 0 bridgehead atoms. The van der Waals surface area contributed by atoms with Crippen LogP contribution in [-0.2, 0) is 0 Å². The predicted molar refractivity (Wildman–Crippen MR) is 60.1 cm³/mol. The van der Waals surface area contributed by atoms with Gasteiger partial charge in [-0.2, -0.15) is 5.26 Å². The molecule has 0 rings (SSSR count). The molecule has 2 amide bonds. The van der Waals surface area contributed by atoms with Gasteiger partial charge in [-0.3, -0.25) is 0 Å². The fraction of sp³-hybridized carbons (Fsp3) is 0.625. The van der Waals surface area contributed by atoms with Crippen LogP contribution in [0.25, 0.3) is 0 Å². The molecule has 0 aliphatic heterocycles. The molecule has 0 aliphatic carbocycles. The van der Waals surface area contributed by atoms with E-state index in [1.807, 2.05) is 0 Å². The molecular weight excluding hydrogens is 210 g/mol. The van der Waals surface area contributed by atoms with Gasteiger partial charge in [0.25, 0.3) is 0 Å². The zero-order valence-electron chi connectivity index (χ0n) is 9.69. The molecule has 0 aromatic rings. The standard InChI is InChI=1S/C8H17N7O/c1-11-5-15(7(10)13-4-9)6-14(3)8(16)12-2/h11H,5-6H2,1-3H3,(H2,10,13)(H,12,16). The molecule has 0 aromatic heterocycles. The second-order valence-electron chi connectivity index (χ2n) is 3.02. The van der Waals surface area contributed by atoms with Gasteiger partial charge in [-0.25, -0.2) is 4.79 Å². The Kier molecular flexibility index (Phi) is 6.39. The first-order valence-electron chi connectivity index (χ1n) is 4.61. The molecule has 0 fully saturated rings. The second kappa shape index (κ2) is 7.30. The average Bonchev–Trinajstić information content (AvgIpc) is 2.27. The van der Waals surface area contributed by atoms with Gasteiger partial charge in [0.1, 0.15) is 0 Å². The molecule has 4 N–H and O–H groups in total. The number of hydrogen-bond donors (Lipinski definition) is 3. The third kappa shape index (κ3) is 4.47. The highest BCUT2D eigenvalue weighted by Gasteiger charge is 2.13. The number of aliphatic imine (C=N–C) groups is 1. The van der Waals surface area contributed by atoms with E-state index in [-0.39, 0.29) is 18.7 Å². The van der Waals surface area contributed by atoms with E-state index < -0.39 is 0 Å². The number of carbonyl (C=O) groups is 1. The monoisotopic (exact) mass is 227 g/mol. The van der Waals surface area contributed by atoms with Crippen LogP contribution in [0.2, 0.25) is 0 Å². The number of nitrogens with zero attached hydrogens (tertiary/aromatic N) is 4. The first kappa shape index (κ1) is 14.0. The summed E-state index contributed by atoms with van der Waals surface area (Å²) in [6.45, 7) is 0.621. The van der Waals surface area contributed by atoms with Gasteiger partial charge in [0.15, 0.2) is 0 Å². The minimum atomic E-state index is -0.245. The summed E-state index contributed by atoms with van der Waals surface area (Å²) in [6, 6.07) is -0.245. The number of nitrogens with one attached hydrogen (secondary N) is 2. The Bertz CT molecular complexity index is 295. The third-order valence-electron chi connectivity index (χ3n) is 1.78. The maximum atomic E-state index is 11.3. The second-order valence-corrected chi connectivity index (χ2v) is 3.02. The Morgan fingerprint density at radius 1 is 1.56 bits per heavy atom. The molecule has 8 heteroatoms. The number of hydrogen-bond acceptors (Lipinski definition) is 4. The summed E-state index contributed by atoms with van der Waals surface area (Å²) in [5.74, 6) is 0.0626. The lowest BCUT2D eigenvalue weighted by molar-refractivity contribution is 0.186. The molecule has 0 aliphatic rings. The molecule has 0 saturated heterocycles. The van der Waals surface area contributed by atoms with Crippen LogP contribution in [0.15, 0.2) is 4.99 Å². The highest BCUT2D eigenvalue weighted by atomic mass is 16.2. The summed E-state index contributed by atoms with van der Waals surface area (Å²) < 4.78 is 0. The largest absolute Gasteiger partial charge is 0.369 e. The van der Waals surface area contributed by atoms with Gasteiger partial charge in [0.2, 0.25) is 12.2 Å². The van der Waals surface area contributed by atoms with Crippen molar-refractivity contribution in [3.8, 4) is 6.19 Å². The SMILES string of the molecule is CNCN(CN(C)C(=O)NC)/C(N)=N/C#N. The van der Waals surface area contributed by atoms with Crippen LogP contribution in [0.1, 0.15) is 0 Å². The Morgan fingerprint density at radius 3 is 2.62 bits per heavy atom. The van der Waals surface area contributed by atoms with Crippen molar-refractivity contribution in [2.75, 3.05) is 34.5 Å². The van der Waals surface area contributed by atoms with Crippen molar-refractivity contribution >= 4 is 12.0 Å². The molecule has 90 valence electrons. The minimum Gasteiger partial charge on any atom is -0.369 e. The van der Waals surface area contributed by atoms with Gasteiger partial charge >= 0.3 is 6.03 Å². The Balaban J connectivity index is 4.51. The van der Waals surface area contributed by atoms with Gasteiger partial charge in [0, 0.05) is 14.1 Å². The van der Waals surface area contributed by atoms with Crippen LogP contribution in [0.5, 0.6) is 0 Å². The number of urea groups is 1. The summed E-state index contributed by atoms with van der Waals surface area (Å²) in [5, 5.41) is 13.7. The number of nitrogens with two attached hydrogens (primary N) is 1. The molecule has 0 atom stereocenters. The quantitative estimate of drug-likeness (QED) is 0.234. The van der Waals surface area contributed by atoms with Crippen LogP contribution < -0.4 is 16.4 Å². The van der Waals surface area contributed by atoms with Crippen LogP contribution >= 0.6 is 0 Å². The molecule has 16 heavy (non-hydrogen) atoms. The highest BCUT2D eigenvalue weighted by Crippen LogP contribution is 1.91. The summed E-state index contributed by atoms with van der Waals surface area (Å²) in [7, 11) is 4.88. The number of rotatable bonds is 4. The summed E-state index contributed by atoms with van der Waals surface area (Å²) >= 11 is 0. The zero-order chi connectivity index (χ0) is 12.6. The first-order valence-corrected chi connectivity index (χ1v) is 4.61. The van der Waals surface area contributed by atoms with Crippen molar-refractivity contribution in [3.63, 3.8) is 0 Å². The molecule has 8 nitrogen and oxygen atoms in total. The number of nitriles is 1. The van der Waals surface area contributed by atoms with Crippen molar-refractivity contribution in [2.45, 2.75) is 0 Å². The van der Waals surface area contributed by atoms with E-state index in [9.17, 15) is 4.79 Å². The van der Waals surface area contributed by atoms with Crippen molar-refractivity contribution < 1.29 is 4.79 Å². The molecule has 0 heterocycles. The van der Waals surface area contributed by atoms with Crippen LogP contribution in [-0.4, -0.2) is 56.3 Å². The average molecular weight is 227 g/mol. The minimum absolute atomic E-state index is 0.0626. The number of amides is 2. The lowest BCUT2D eigenvalue weighted by atomic mass is 10.6. The maximum absolute atomic E-state index is 11.3. The molecule has 0 saturated carbocycles. The number of carbonyl (C=O) groups excluding carboxylic acids is 1. The number of guanidine groups is 1. The summed E-state index contributed by atoms with van der Waals surface area (Å²) in [4.78, 5) is 17.6. The molecule has 0 unspecified atom stereocenters. The predicted octanol–water partition coefficient (Wildman–Crippen LogP) is -1.51. The van der Waals surface area contributed by atoms with E-state index in [0.29, 0.717) is 6.67 Å². The van der Waals surface area contributed by atoms with E-state index in [2.05, 4.69) is 15.6 Å². The van der Waals surface area contributed by atoms with Crippen molar-refractivity contribution in [3.05, 3.63) is 0 Å². The molecule has 0 aromatic carbocycles. The Morgan fingerprint density at radius 2 is 2.19 bits per heavy atom. The lowest BCUT2D eigenvalue weighted by Crippen LogP contribution is -2.50. The highest BCUT2D eigenvalue weighted by molar-refractivity contribution is 5.79. The summed E-state index contributed by atoms with van der Waals surface area (Å²) in [5.41, 5.74) is 5.56. The fourth-order valence-corrected chi connectivity index (χ4v) is 1.03. The van der Waals surface area contributed by atoms with E-state index in [1.54, 1.807) is 25.2 Å². The van der Waals surface area contributed by atoms with Gasteiger partial charge in [-0.15, -0.1) is 4.99 Å². The van der Waals surface area contributed by atoms with Crippen molar-refractivity contribution in [1.82, 2.24) is 20.4 Å².